The molecule has 15 rings (SSSR count). The fraction of sp³-hybridized carbons (Fsp3) is 0.0854. The van der Waals surface area contributed by atoms with Gasteiger partial charge in [0, 0.05) is 172 Å². The van der Waals surface area contributed by atoms with Crippen LogP contribution in [0, 0.1) is 85.4 Å². The first-order valence-corrected chi connectivity index (χ1v) is 34.0. The van der Waals surface area contributed by atoms with Gasteiger partial charge in [0.15, 0.2) is 0 Å². The highest BCUT2D eigenvalue weighted by Gasteiger charge is 2.19. The van der Waals surface area contributed by atoms with Crippen LogP contribution < -0.4 is 16.4 Å². The van der Waals surface area contributed by atoms with Crippen LogP contribution in [0.1, 0.15) is 116 Å². The molecule has 0 aliphatic heterocycles. The lowest BCUT2D eigenvalue weighted by molar-refractivity contribution is 0.0695. The number of amides is 2. The number of halogens is 8. The average molecular weight is 1570 g/mol. The minimum Gasteiger partial charge on any atom is -0.478 e. The van der Waals surface area contributed by atoms with Crippen LogP contribution in [0.4, 0.5) is 17.6 Å². The van der Waals surface area contributed by atoms with Crippen LogP contribution >= 0.6 is 47.2 Å². The Balaban J connectivity index is 0.000000165. The van der Waals surface area contributed by atoms with Gasteiger partial charge in [-0.3, -0.25) is 43.9 Å². The number of nitrogens with two attached hydrogens (primary N) is 1. The molecule has 552 valence electrons. The number of aromatic nitrogens is 9. The van der Waals surface area contributed by atoms with E-state index in [9.17, 15) is 47.7 Å². The molecule has 0 spiro atoms. The maximum atomic E-state index is 14.8. The monoisotopic (exact) mass is 1570 g/mol. The number of carbonyl (C=O) groups is 3. The predicted octanol–water partition coefficient (Wildman–Crippen LogP) is 16.4. The minimum absolute atomic E-state index is 0. The molecule has 0 unspecified atom stereocenters. The summed E-state index contributed by atoms with van der Waals surface area (Å²) < 4.78 is 58.7. The molecule has 0 radical (unpaired) electrons. The van der Waals surface area contributed by atoms with Crippen molar-refractivity contribution in [1.29, 1.82) is 31.6 Å². The number of hydrogen-bond donors (Lipinski definition) is 7. The van der Waals surface area contributed by atoms with Crippen molar-refractivity contribution in [2.45, 2.75) is 38.9 Å². The largest absolute Gasteiger partial charge is 0.478 e. The first-order chi connectivity index (χ1) is 54.2. The van der Waals surface area contributed by atoms with E-state index in [0.29, 0.717) is 168 Å². The van der Waals surface area contributed by atoms with Gasteiger partial charge in [0.05, 0.1) is 95.2 Å². The summed E-state index contributed by atoms with van der Waals surface area (Å²) >= 11 is 17.9. The maximum absolute atomic E-state index is 14.8. The maximum Gasteiger partial charge on any atom is 0.335 e. The number of H-pyrrole nitrogens is 3. The van der Waals surface area contributed by atoms with Crippen LogP contribution in [0.5, 0.6) is 0 Å². The summed E-state index contributed by atoms with van der Waals surface area (Å²) in [5.74, 6) is -3.06. The van der Waals surface area contributed by atoms with Gasteiger partial charge in [-0.1, -0.05) is 53.0 Å². The molecule has 15 aromatic rings. The standard InChI is InChI=1S/2C27H16ClFN6O.C18H10N4O2.C9H8ClFN2.CH3F.ClH/c2*28-22-14-33-23-2-1-18(25(29)24(22)23)13-35-27(36)17-3-4-32-21(9-17)8-15-5-19-7-16(10-30)12-34-26(19)20(6-15)11-31;19-8-12-5-14-3-11(4-15(9-20)17(14)22-10-12)6-16-7-13(18(23)24)1-2-21-16;10-6-4-13-7-2-1-5(3-12)9(11)8(6)7;1-2;/h2*1-7,9,12,14,33H,8,13H2,(H,35,36);1-5,7,10H,6H2,(H,23,24);1-2,4,13H,3,12H2;1H3;1H/i;;;;1D;. The van der Waals surface area contributed by atoms with E-state index in [1.54, 1.807) is 103 Å². The van der Waals surface area contributed by atoms with Crippen LogP contribution in [-0.4, -0.2) is 74.9 Å². The van der Waals surface area contributed by atoms with E-state index in [0.717, 1.165) is 16.7 Å². The zero-order valence-corrected chi connectivity index (χ0v) is 61.0. The molecule has 9 aromatic heterocycles. The fourth-order valence-corrected chi connectivity index (χ4v) is 12.7. The van der Waals surface area contributed by atoms with Gasteiger partial charge in [0.1, 0.15) is 53.9 Å². The number of carbonyl (C=O) groups excluding carboxylic acids is 2. The molecular weight excluding hydrogens is 1520 g/mol. The van der Waals surface area contributed by atoms with Gasteiger partial charge in [-0.15, -0.1) is 12.4 Å². The van der Waals surface area contributed by atoms with Crippen molar-refractivity contribution in [2.75, 3.05) is 7.15 Å². The van der Waals surface area contributed by atoms with Crippen molar-refractivity contribution in [3.05, 3.63) is 316 Å². The molecule has 112 heavy (non-hydrogen) atoms. The second-order valence-corrected chi connectivity index (χ2v) is 25.5. The molecule has 0 atom stereocenters. The first-order valence-electron chi connectivity index (χ1n) is 33.6. The third-order valence-electron chi connectivity index (χ3n) is 17.2. The van der Waals surface area contributed by atoms with Gasteiger partial charge >= 0.3 is 5.97 Å². The minimum atomic E-state index is -1.02. The molecule has 0 saturated carbocycles. The molecule has 0 bridgehead atoms. The van der Waals surface area contributed by atoms with E-state index < -0.39 is 24.8 Å². The SMILES string of the molecule is Cl.N#Cc1cnc2c(C#N)cc(Cc3cc(C(=O)NCc4ccc5[nH]cc(Cl)c5c4F)ccn3)cc2c1.N#Cc1cnc2c(C#N)cc(Cc3cc(C(=O)NCc4ccc5[nH]cc(Cl)c5c4F)ccn3)cc2c1.N#Cc1cnc2c(C#N)cc(Cc3cc(C(=O)O)ccn3)cc2c1.NCc1ccc2[nH]cc(Cl)c2c1F.[2H]CF. The highest BCUT2D eigenvalue weighted by atomic mass is 35.5. The van der Waals surface area contributed by atoms with Crippen molar-refractivity contribution in [3.8, 4) is 36.4 Å². The molecule has 30 heteroatoms. The summed E-state index contributed by atoms with van der Waals surface area (Å²) in [6.07, 6.45) is 14.5. The number of aromatic carboxylic acids is 1. The van der Waals surface area contributed by atoms with Crippen molar-refractivity contribution in [2.24, 2.45) is 5.73 Å². The summed E-state index contributed by atoms with van der Waals surface area (Å²) in [5, 5.41) is 74.2. The smallest absolute Gasteiger partial charge is 0.335 e. The average Bonchev–Trinajstić information content (AvgIpc) is 1.57. The van der Waals surface area contributed by atoms with E-state index in [1.807, 2.05) is 36.4 Å². The lowest BCUT2D eigenvalue weighted by Gasteiger charge is -2.09. The Morgan fingerprint density at radius 1 is 0.464 bits per heavy atom. The number of benzene rings is 6. The number of nitriles is 6. The molecular formula is C82H54Cl4F4N18O4. The van der Waals surface area contributed by atoms with Gasteiger partial charge in [0.25, 0.3) is 11.8 Å². The van der Waals surface area contributed by atoms with E-state index >= 15 is 0 Å². The molecule has 8 N–H and O–H groups in total. The second kappa shape index (κ2) is 36.6. The Labute approximate surface area is 656 Å². The van der Waals surface area contributed by atoms with E-state index in [2.05, 4.69) is 73.7 Å². The number of carboxylic acids is 1. The van der Waals surface area contributed by atoms with Crippen molar-refractivity contribution in [1.82, 2.24) is 55.5 Å². The third kappa shape index (κ3) is 18.3. The number of carboxylic acid groups (broad SMARTS) is 1. The molecule has 0 aliphatic carbocycles. The number of pyridine rings is 6. The number of nitrogens with one attached hydrogen (secondary N) is 5. The number of aromatic amines is 3. The molecule has 0 saturated heterocycles. The summed E-state index contributed by atoms with van der Waals surface area (Å²) in [7, 11) is -1.00. The quantitative estimate of drug-likeness (QED) is 0.0497. The van der Waals surface area contributed by atoms with Crippen molar-refractivity contribution in [3.63, 3.8) is 0 Å². The zero-order chi connectivity index (χ0) is 79.7. The van der Waals surface area contributed by atoms with Crippen molar-refractivity contribution < 1.29 is 38.4 Å². The van der Waals surface area contributed by atoms with Gasteiger partial charge in [-0.2, -0.15) is 31.6 Å². The highest BCUT2D eigenvalue weighted by Crippen LogP contribution is 2.32. The number of hydrogen-bond acceptors (Lipinski definition) is 16. The Hall–Kier alpha value is -14.2. The number of nitrogens with zero attached hydrogens (tertiary/aromatic N) is 12. The molecule has 0 aliphatic rings. The van der Waals surface area contributed by atoms with Crippen LogP contribution in [0.25, 0.3) is 65.4 Å². The van der Waals surface area contributed by atoms with E-state index in [1.165, 1.54) is 61.7 Å². The lowest BCUT2D eigenvalue weighted by atomic mass is 10.0. The number of rotatable bonds is 14. The van der Waals surface area contributed by atoms with Crippen LogP contribution in [0.2, 0.25) is 15.1 Å². The molecule has 6 aromatic carbocycles. The van der Waals surface area contributed by atoms with Crippen molar-refractivity contribution >= 4 is 130 Å². The molecule has 0 fully saturated rings. The highest BCUT2D eigenvalue weighted by molar-refractivity contribution is 6.36. The zero-order valence-electron chi connectivity index (χ0n) is 58.9. The normalized spacial score (nSPS) is 10.5. The topological polar surface area (TPSA) is 389 Å². The third-order valence-corrected chi connectivity index (χ3v) is 18.1. The lowest BCUT2D eigenvalue weighted by Crippen LogP contribution is -2.23. The Bertz CT molecular complexity index is 6240. The number of fused-ring (bicyclic) bond motifs is 6. The van der Waals surface area contributed by atoms with E-state index in [-0.39, 0.29) is 65.3 Å². The Morgan fingerprint density at radius 3 is 1.09 bits per heavy atom. The predicted molar refractivity (Wildman–Crippen MR) is 416 cm³/mol. The van der Waals surface area contributed by atoms with Crippen LogP contribution in [0.15, 0.2) is 183 Å². The van der Waals surface area contributed by atoms with Crippen LogP contribution in [-0.2, 0) is 38.9 Å². The van der Waals surface area contributed by atoms with E-state index in [4.69, 9.17) is 62.8 Å². The van der Waals surface area contributed by atoms with Gasteiger partial charge in [-0.05, 0) is 126 Å². The summed E-state index contributed by atoms with van der Waals surface area (Å²) in [4.78, 5) is 70.8. The second-order valence-electron chi connectivity index (χ2n) is 24.3. The first kappa shape index (κ1) is 78.9. The van der Waals surface area contributed by atoms with Gasteiger partial charge < -0.3 is 36.4 Å². The fourth-order valence-electron chi connectivity index (χ4n) is 12.0. The Kier molecular flexibility index (Phi) is 25.8. The Morgan fingerprint density at radius 2 is 0.777 bits per heavy atom. The molecule has 22 nitrogen and oxygen atoms in total. The summed E-state index contributed by atoms with van der Waals surface area (Å²) in [6, 6.07) is 47.7. The molecule has 9 heterocycles. The number of alkyl halides is 1. The summed E-state index contributed by atoms with van der Waals surface area (Å²) in [6.45, 7) is 0.164. The van der Waals surface area contributed by atoms with Crippen LogP contribution in [0.3, 0.4) is 0 Å². The van der Waals surface area contributed by atoms with Gasteiger partial charge in [0.2, 0.25) is 0 Å². The molecule has 2 amide bonds. The van der Waals surface area contributed by atoms with Gasteiger partial charge in [-0.25, -0.2) is 18.0 Å². The summed E-state index contributed by atoms with van der Waals surface area (Å²) in [5.41, 5.74) is 17.4.